The van der Waals surface area contributed by atoms with Crippen molar-refractivity contribution in [1.82, 2.24) is 0 Å². The molecule has 0 aliphatic carbocycles. The van der Waals surface area contributed by atoms with Crippen molar-refractivity contribution in [3.8, 4) is 33.4 Å². The molecule has 4 rings (SSSR count). The molecule has 0 aliphatic rings. The summed E-state index contributed by atoms with van der Waals surface area (Å²) in [5.41, 5.74) is -4.29. The zero-order valence-corrected chi connectivity index (χ0v) is 21.1. The van der Waals surface area contributed by atoms with Gasteiger partial charge < -0.3 is 30.6 Å². The van der Waals surface area contributed by atoms with E-state index in [2.05, 4.69) is 0 Å². The maximum atomic E-state index is 12.4. The van der Waals surface area contributed by atoms with Gasteiger partial charge in [-0.1, -0.05) is 42.5 Å². The summed E-state index contributed by atoms with van der Waals surface area (Å²) in [5.74, 6) is -9.93. The summed E-state index contributed by atoms with van der Waals surface area (Å²) in [6.07, 6.45) is 0. The highest BCUT2D eigenvalue weighted by atomic mass is 16.4. The lowest BCUT2D eigenvalue weighted by Crippen LogP contribution is -2.13. The summed E-state index contributed by atoms with van der Waals surface area (Å²) in [6, 6.07) is 15.5. The molecule has 0 aliphatic heterocycles. The van der Waals surface area contributed by atoms with Crippen LogP contribution in [-0.2, 0) is 0 Å². The number of aromatic carboxylic acids is 6. The van der Waals surface area contributed by atoms with Crippen LogP contribution in [0.3, 0.4) is 0 Å². The number of carboxylic acids is 6. The topological polar surface area (TPSA) is 224 Å². The Hall–Kier alpha value is -6.30. The fourth-order valence-electron chi connectivity index (χ4n) is 4.57. The first-order valence-corrected chi connectivity index (χ1v) is 11.8. The van der Waals surface area contributed by atoms with Gasteiger partial charge in [-0.05, 0) is 63.7 Å². The van der Waals surface area contributed by atoms with Crippen molar-refractivity contribution in [3.63, 3.8) is 0 Å². The van der Waals surface area contributed by atoms with Gasteiger partial charge in [0.1, 0.15) is 0 Å². The molecule has 12 nitrogen and oxygen atoms in total. The van der Waals surface area contributed by atoms with E-state index in [1.54, 1.807) is 30.3 Å². The number of rotatable bonds is 9. The zero-order chi connectivity index (χ0) is 30.9. The maximum absolute atomic E-state index is 12.4. The minimum absolute atomic E-state index is 0.0457. The number of hydrogen-bond acceptors (Lipinski definition) is 6. The maximum Gasteiger partial charge on any atom is 0.337 e. The monoisotopic (exact) mass is 570 g/mol. The third-order valence-electron chi connectivity index (χ3n) is 6.36. The Morgan fingerprint density at radius 2 is 0.857 bits per heavy atom. The number of carbonyl (C=O) groups is 6. The Bertz CT molecular complexity index is 1840. The van der Waals surface area contributed by atoms with Crippen LogP contribution in [0.15, 0.2) is 72.8 Å². The second kappa shape index (κ2) is 11.1. The minimum Gasteiger partial charge on any atom is -0.478 e. The normalized spacial score (nSPS) is 10.6. The quantitative estimate of drug-likeness (QED) is 0.158. The molecule has 0 fully saturated rings. The molecule has 42 heavy (non-hydrogen) atoms. The fraction of sp³-hybridized carbons (Fsp3) is 0. The van der Waals surface area contributed by atoms with Crippen LogP contribution in [0, 0.1) is 0 Å². The Balaban J connectivity index is 2.21. The SMILES string of the molecule is O=C(O)c1cc(C(=O)O)c(C(=O)O)c(-c2ccc(-c3ccccc3)c(-c3cc(C(=O)O)cc(C(=O)O)c3C(=O)O)c2)c1. The first-order chi connectivity index (χ1) is 19.8. The van der Waals surface area contributed by atoms with Gasteiger partial charge in [-0.2, -0.15) is 0 Å². The van der Waals surface area contributed by atoms with E-state index in [4.69, 9.17) is 0 Å². The van der Waals surface area contributed by atoms with E-state index >= 15 is 0 Å². The molecule has 0 spiro atoms. The molecule has 4 aromatic carbocycles. The average Bonchev–Trinajstić information content (AvgIpc) is 2.95. The predicted octanol–water partition coefficient (Wildman–Crippen LogP) is 4.88. The zero-order valence-electron chi connectivity index (χ0n) is 21.1. The Morgan fingerprint density at radius 3 is 1.31 bits per heavy atom. The molecule has 0 heterocycles. The fourth-order valence-corrected chi connectivity index (χ4v) is 4.57. The van der Waals surface area contributed by atoms with Crippen LogP contribution in [-0.4, -0.2) is 66.5 Å². The molecule has 12 heteroatoms. The summed E-state index contributed by atoms with van der Waals surface area (Å²) < 4.78 is 0. The average molecular weight is 570 g/mol. The summed E-state index contributed by atoms with van der Waals surface area (Å²) in [7, 11) is 0. The van der Waals surface area contributed by atoms with Gasteiger partial charge >= 0.3 is 35.8 Å². The van der Waals surface area contributed by atoms with E-state index in [9.17, 15) is 59.4 Å². The third-order valence-corrected chi connectivity index (χ3v) is 6.36. The van der Waals surface area contributed by atoms with Crippen molar-refractivity contribution in [1.29, 1.82) is 0 Å². The van der Waals surface area contributed by atoms with Crippen molar-refractivity contribution in [2.24, 2.45) is 0 Å². The van der Waals surface area contributed by atoms with Crippen molar-refractivity contribution in [2.75, 3.05) is 0 Å². The van der Waals surface area contributed by atoms with E-state index in [-0.39, 0.29) is 27.8 Å². The van der Waals surface area contributed by atoms with Crippen LogP contribution in [0.5, 0.6) is 0 Å². The van der Waals surface area contributed by atoms with E-state index in [0.29, 0.717) is 17.7 Å². The van der Waals surface area contributed by atoms with Crippen LogP contribution in [0.1, 0.15) is 62.1 Å². The van der Waals surface area contributed by atoms with Crippen molar-refractivity contribution < 1.29 is 59.4 Å². The molecule has 4 aromatic rings. The summed E-state index contributed by atoms with van der Waals surface area (Å²) in [6.45, 7) is 0. The third kappa shape index (κ3) is 5.27. The van der Waals surface area contributed by atoms with Gasteiger partial charge in [0.2, 0.25) is 0 Å². The summed E-state index contributed by atoms with van der Waals surface area (Å²) in [5, 5.41) is 58.5. The van der Waals surface area contributed by atoms with E-state index in [1.165, 1.54) is 18.2 Å². The molecule has 0 amide bonds. The number of hydrogen-bond donors (Lipinski definition) is 6. The molecule has 0 aromatic heterocycles. The molecule has 0 unspecified atom stereocenters. The van der Waals surface area contributed by atoms with Crippen LogP contribution in [0.2, 0.25) is 0 Å². The van der Waals surface area contributed by atoms with Gasteiger partial charge in [-0.15, -0.1) is 0 Å². The lowest BCUT2D eigenvalue weighted by molar-refractivity contribution is 0.0649. The number of benzene rings is 4. The van der Waals surface area contributed by atoms with Gasteiger partial charge in [0.15, 0.2) is 0 Å². The van der Waals surface area contributed by atoms with Crippen LogP contribution in [0.25, 0.3) is 33.4 Å². The predicted molar refractivity (Wildman–Crippen MR) is 145 cm³/mol. The highest BCUT2D eigenvalue weighted by molar-refractivity contribution is 6.12. The largest absolute Gasteiger partial charge is 0.478 e. The van der Waals surface area contributed by atoms with Crippen molar-refractivity contribution in [3.05, 3.63) is 106 Å². The first kappa shape index (κ1) is 28.7. The lowest BCUT2D eigenvalue weighted by Gasteiger charge is -2.18. The highest BCUT2D eigenvalue weighted by Gasteiger charge is 2.28. The van der Waals surface area contributed by atoms with Crippen LogP contribution >= 0.6 is 0 Å². The molecule has 0 bridgehead atoms. The molecular weight excluding hydrogens is 552 g/mol. The minimum atomic E-state index is -1.72. The molecule has 0 saturated heterocycles. The molecule has 0 radical (unpaired) electrons. The molecule has 6 N–H and O–H groups in total. The van der Waals surface area contributed by atoms with Crippen molar-refractivity contribution in [2.45, 2.75) is 0 Å². The molecule has 210 valence electrons. The Morgan fingerprint density at radius 1 is 0.381 bits per heavy atom. The van der Waals surface area contributed by atoms with E-state index in [1.807, 2.05) is 0 Å². The lowest BCUT2D eigenvalue weighted by atomic mass is 9.85. The van der Waals surface area contributed by atoms with Gasteiger partial charge in [0, 0.05) is 0 Å². The summed E-state index contributed by atoms with van der Waals surface area (Å²) >= 11 is 0. The Labute approximate surface area is 235 Å². The molecule has 0 atom stereocenters. The van der Waals surface area contributed by atoms with Gasteiger partial charge in [0.25, 0.3) is 0 Å². The van der Waals surface area contributed by atoms with Crippen LogP contribution < -0.4 is 0 Å². The van der Waals surface area contributed by atoms with Gasteiger partial charge in [-0.3, -0.25) is 0 Å². The molecule has 0 saturated carbocycles. The second-order valence-electron chi connectivity index (χ2n) is 8.85. The number of carboxylic acid groups (broad SMARTS) is 6. The first-order valence-electron chi connectivity index (χ1n) is 11.8. The van der Waals surface area contributed by atoms with E-state index < -0.39 is 69.2 Å². The van der Waals surface area contributed by atoms with Crippen molar-refractivity contribution >= 4 is 35.8 Å². The molecular formula is C30H18O12. The van der Waals surface area contributed by atoms with Gasteiger partial charge in [-0.25, -0.2) is 28.8 Å². The van der Waals surface area contributed by atoms with Crippen LogP contribution in [0.4, 0.5) is 0 Å². The standard InChI is InChI=1S/C30H18O12/c31-25(32)15-9-18(23(29(39)40)21(11-15)27(35)36)14-6-7-17(13-4-2-1-3-5-13)19(8-14)20-10-16(26(33)34)12-22(28(37)38)24(20)30(41)42/h1-12H,(H,31,32)(H,33,34)(H,35,36)(H,37,38)(H,39,40)(H,41,42). The second-order valence-corrected chi connectivity index (χ2v) is 8.85. The highest BCUT2D eigenvalue weighted by Crippen LogP contribution is 2.40. The van der Waals surface area contributed by atoms with Gasteiger partial charge in [0.05, 0.1) is 33.4 Å². The Kier molecular flexibility index (Phi) is 7.56. The summed E-state index contributed by atoms with van der Waals surface area (Å²) in [4.78, 5) is 72.2. The smallest absolute Gasteiger partial charge is 0.337 e. The van der Waals surface area contributed by atoms with E-state index in [0.717, 1.165) is 12.1 Å².